The number of anilines is 2. The molecule has 0 bridgehead atoms. The normalized spacial score (nSPS) is 25.1. The van der Waals surface area contributed by atoms with Crippen LogP contribution in [0.5, 0.6) is 6.01 Å². The Kier molecular flexibility index (Phi) is 7.37. The lowest BCUT2D eigenvalue weighted by Gasteiger charge is -2.47. The van der Waals surface area contributed by atoms with Crippen LogP contribution in [-0.2, 0) is 0 Å². The van der Waals surface area contributed by atoms with E-state index < -0.39 is 0 Å². The van der Waals surface area contributed by atoms with Gasteiger partial charge in [-0.15, -0.1) is 0 Å². The van der Waals surface area contributed by atoms with E-state index in [1.165, 1.54) is 0 Å². The van der Waals surface area contributed by atoms with Gasteiger partial charge in [-0.25, -0.2) is 0 Å². The van der Waals surface area contributed by atoms with E-state index in [4.69, 9.17) is 15.2 Å². The monoisotopic (exact) mass is 483 g/mol. The van der Waals surface area contributed by atoms with Gasteiger partial charge in [-0.2, -0.15) is 15.0 Å². The highest BCUT2D eigenvalue weighted by Gasteiger charge is 2.50. The molecule has 2 saturated heterocycles. The van der Waals surface area contributed by atoms with Gasteiger partial charge < -0.3 is 30.9 Å². The van der Waals surface area contributed by atoms with Crippen LogP contribution < -0.4 is 15.4 Å². The maximum atomic E-state index is 9.24. The molecule has 194 valence electrons. The quantitative estimate of drug-likeness (QED) is 0.490. The highest BCUT2D eigenvalue weighted by molar-refractivity contribution is 5.37. The van der Waals surface area contributed by atoms with Gasteiger partial charge in [-0.3, -0.25) is 0 Å². The number of hydroxylamine groups is 4. The fraction of sp³-hybridized carbons (Fsp3) is 0.870. The summed E-state index contributed by atoms with van der Waals surface area (Å²) in [5.41, 5.74) is -1.30. The first-order valence-corrected chi connectivity index (χ1v) is 12.1. The fourth-order valence-corrected chi connectivity index (χ4v) is 5.71. The van der Waals surface area contributed by atoms with Crippen LogP contribution in [0.3, 0.4) is 0 Å². The van der Waals surface area contributed by atoms with E-state index in [0.29, 0.717) is 31.3 Å². The van der Waals surface area contributed by atoms with Crippen LogP contribution in [0.15, 0.2) is 0 Å². The molecular formula is C23H45N7O4+2. The van der Waals surface area contributed by atoms with Gasteiger partial charge in [0.15, 0.2) is 0 Å². The van der Waals surface area contributed by atoms with E-state index in [2.05, 4.69) is 53.3 Å². The Morgan fingerprint density at radius 2 is 1.29 bits per heavy atom. The van der Waals surface area contributed by atoms with Crippen molar-refractivity contribution in [1.82, 2.24) is 25.1 Å². The van der Waals surface area contributed by atoms with Crippen molar-refractivity contribution in [2.75, 3.05) is 23.8 Å². The number of aliphatic hydroxyl groups is 1. The van der Waals surface area contributed by atoms with Crippen LogP contribution in [-0.4, -0.2) is 88.1 Å². The average Bonchev–Trinajstić information content (AvgIpc) is 2.67. The number of aliphatic hydroxyl groups excluding tert-OH is 1. The number of nitrogens with one attached hydrogen (secondary N) is 2. The molecule has 0 unspecified atom stereocenters. The third-order valence-corrected chi connectivity index (χ3v) is 6.98. The first-order valence-electron chi connectivity index (χ1n) is 12.1. The summed E-state index contributed by atoms with van der Waals surface area (Å²) in [4.78, 5) is 13.5. The second kappa shape index (κ2) is 9.34. The molecule has 3 heterocycles. The number of hydrogen-bond acceptors (Lipinski definition) is 9. The lowest BCUT2D eigenvalue weighted by molar-refractivity contribution is -0.255. The summed E-state index contributed by atoms with van der Waals surface area (Å²) in [6, 6.07) is 0.307. The molecule has 0 aromatic carbocycles. The zero-order chi connectivity index (χ0) is 25.5. The Balaban J connectivity index is 1.83. The largest absolute Gasteiger partial charge is 0.460 e. The topological polar surface area (TPSA) is 144 Å². The Hall–Kier alpha value is -1.79. The molecule has 1 aromatic rings. The van der Waals surface area contributed by atoms with Gasteiger partial charge >= 0.3 is 6.01 Å². The third kappa shape index (κ3) is 5.88. The van der Waals surface area contributed by atoms with Gasteiger partial charge in [0.05, 0.1) is 28.8 Å². The molecule has 0 amide bonds. The Bertz CT molecular complexity index is 763. The number of nitrogens with zero attached hydrogens (tertiary/aromatic N) is 5. The first kappa shape index (κ1) is 26.8. The summed E-state index contributed by atoms with van der Waals surface area (Å²) in [6.07, 6.45) is 2.75. The lowest BCUT2D eigenvalue weighted by atomic mass is 9.79. The lowest BCUT2D eigenvalue weighted by Crippen LogP contribution is -2.61. The van der Waals surface area contributed by atoms with Crippen LogP contribution >= 0.6 is 0 Å². The van der Waals surface area contributed by atoms with E-state index in [1.54, 1.807) is 10.1 Å². The summed E-state index contributed by atoms with van der Waals surface area (Å²) >= 11 is 0. The van der Waals surface area contributed by atoms with Crippen LogP contribution in [0.2, 0.25) is 0 Å². The van der Waals surface area contributed by atoms with Crippen molar-refractivity contribution in [3.8, 4) is 6.01 Å². The molecule has 2 fully saturated rings. The zero-order valence-electron chi connectivity index (χ0n) is 22.0. The van der Waals surface area contributed by atoms with Crippen molar-refractivity contribution in [2.45, 2.75) is 115 Å². The van der Waals surface area contributed by atoms with Gasteiger partial charge in [-0.1, -0.05) is 10.1 Å². The third-order valence-electron chi connectivity index (χ3n) is 6.98. The van der Waals surface area contributed by atoms with Gasteiger partial charge in [-0.05, 0) is 68.2 Å². The molecule has 3 rings (SSSR count). The summed E-state index contributed by atoms with van der Waals surface area (Å²) in [6.45, 7) is 16.8. The van der Waals surface area contributed by atoms with Crippen LogP contribution in [0.1, 0.15) is 81.1 Å². The molecule has 11 heteroatoms. The van der Waals surface area contributed by atoms with Gasteiger partial charge in [0.2, 0.25) is 11.9 Å². The molecule has 0 aliphatic carbocycles. The van der Waals surface area contributed by atoms with Crippen molar-refractivity contribution >= 4 is 11.9 Å². The van der Waals surface area contributed by atoms with Crippen molar-refractivity contribution in [3.05, 3.63) is 0 Å². The molecule has 2 aliphatic rings. The molecule has 0 saturated carbocycles. The number of hydrogen-bond donors (Lipinski definition) is 3. The van der Waals surface area contributed by atoms with Gasteiger partial charge in [0.25, 0.3) is 0 Å². The molecule has 0 atom stereocenters. The summed E-state index contributed by atoms with van der Waals surface area (Å²) < 4.78 is 6.27. The van der Waals surface area contributed by atoms with Crippen molar-refractivity contribution in [1.29, 1.82) is 0 Å². The Morgan fingerprint density at radius 1 is 0.824 bits per heavy atom. The molecular weight excluding hydrogens is 438 g/mol. The molecule has 0 radical (unpaired) electrons. The number of piperidine rings is 2. The van der Waals surface area contributed by atoms with E-state index in [1.807, 2.05) is 27.7 Å². The predicted molar refractivity (Wildman–Crippen MR) is 133 cm³/mol. The maximum absolute atomic E-state index is 9.24. The van der Waals surface area contributed by atoms with E-state index in [-0.39, 0.29) is 46.9 Å². The number of ether oxygens (including phenoxy) is 1. The average molecular weight is 484 g/mol. The number of aromatic nitrogens is 3. The molecule has 7 N–H and O–H groups in total. The molecule has 11 nitrogen and oxygen atoms in total. The van der Waals surface area contributed by atoms with Crippen molar-refractivity contribution in [2.24, 2.45) is 0 Å². The molecule has 2 aliphatic heterocycles. The SMILES string of the molecule is CC1(C)CC(Nc2nc(NCCO)nc(OC3CC(C)(C)N([OH2+])C(C)(C)C3)n2)CC(C)(C)N1[OH2+]. The molecule has 34 heavy (non-hydrogen) atoms. The standard InChI is InChI=1S/C23H43N7O4/c1-20(2)11-15(12-21(3,4)29(20)32)25-18-26-17(24-9-10-31)27-19(28-18)34-16-13-22(5,6)30(33)23(7,8)14-16/h15-16,31-33H,9-14H2,1-8H3,(H2,24,25,26,27,28)/p+2. The maximum Gasteiger partial charge on any atom is 0.323 e. The minimum absolute atomic E-state index is 0.0423. The van der Waals surface area contributed by atoms with E-state index in [0.717, 1.165) is 12.8 Å². The Labute approximate surface area is 202 Å². The van der Waals surface area contributed by atoms with Crippen molar-refractivity contribution in [3.63, 3.8) is 0 Å². The van der Waals surface area contributed by atoms with Crippen LogP contribution in [0.25, 0.3) is 0 Å². The van der Waals surface area contributed by atoms with Gasteiger partial charge in [0.1, 0.15) is 6.10 Å². The van der Waals surface area contributed by atoms with Gasteiger partial charge in [0, 0.05) is 25.4 Å². The first-order chi connectivity index (χ1) is 15.6. The van der Waals surface area contributed by atoms with Crippen LogP contribution in [0, 0.1) is 0 Å². The number of rotatable bonds is 7. The second-order valence-corrected chi connectivity index (χ2v) is 12.2. The minimum Gasteiger partial charge on any atom is -0.460 e. The Morgan fingerprint density at radius 3 is 1.79 bits per heavy atom. The predicted octanol–water partition coefficient (Wildman–Crippen LogP) is 1.39. The fourth-order valence-electron chi connectivity index (χ4n) is 5.71. The summed E-state index contributed by atoms with van der Waals surface area (Å²) in [5, 5.41) is 36.1. The summed E-state index contributed by atoms with van der Waals surface area (Å²) in [5.74, 6) is 0.756. The molecule has 0 spiro atoms. The highest BCUT2D eigenvalue weighted by atomic mass is 16.5. The second-order valence-electron chi connectivity index (χ2n) is 12.2. The smallest absolute Gasteiger partial charge is 0.323 e. The summed E-state index contributed by atoms with van der Waals surface area (Å²) in [7, 11) is 0. The van der Waals surface area contributed by atoms with Crippen LogP contribution in [0.4, 0.5) is 11.9 Å². The van der Waals surface area contributed by atoms with E-state index in [9.17, 15) is 5.11 Å². The zero-order valence-corrected chi connectivity index (χ0v) is 22.0. The van der Waals surface area contributed by atoms with E-state index >= 15 is 0 Å². The van der Waals surface area contributed by atoms with Crippen molar-refractivity contribution < 1.29 is 20.3 Å². The molecule has 1 aromatic heterocycles. The minimum atomic E-state index is -0.347. The highest BCUT2D eigenvalue weighted by Crippen LogP contribution is 2.39.